The van der Waals surface area contributed by atoms with Gasteiger partial charge >= 0.3 is 0 Å². The third-order valence-electron chi connectivity index (χ3n) is 2.54. The summed E-state index contributed by atoms with van der Waals surface area (Å²) in [5, 5.41) is 0.108. The Bertz CT molecular complexity index is 745. The molecule has 3 N–H and O–H groups in total. The van der Waals surface area contributed by atoms with Gasteiger partial charge in [0.2, 0.25) is 5.91 Å². The maximum absolute atomic E-state index is 12.2. The molecule has 0 heterocycles. The number of para-hydroxylation sites is 1. The minimum absolute atomic E-state index is 0.0393. The molecular weight excluding hydrogens is 300 g/mol. The van der Waals surface area contributed by atoms with Gasteiger partial charge in [-0.1, -0.05) is 29.8 Å². The van der Waals surface area contributed by atoms with Gasteiger partial charge in [-0.2, -0.15) is 0 Å². The number of hydrogen-bond acceptors (Lipinski definition) is 3. The first-order valence-corrected chi connectivity index (χ1v) is 7.43. The summed E-state index contributed by atoms with van der Waals surface area (Å²) in [6.45, 7) is 0. The Morgan fingerprint density at radius 1 is 1.10 bits per heavy atom. The van der Waals surface area contributed by atoms with Gasteiger partial charge in [-0.3, -0.25) is 9.52 Å². The second kappa shape index (κ2) is 5.52. The molecule has 104 valence electrons. The van der Waals surface area contributed by atoms with Crippen LogP contribution in [0, 0.1) is 0 Å². The highest BCUT2D eigenvalue weighted by atomic mass is 35.5. The van der Waals surface area contributed by atoms with Gasteiger partial charge in [0.25, 0.3) is 10.0 Å². The largest absolute Gasteiger partial charge is 0.366 e. The van der Waals surface area contributed by atoms with E-state index in [1.165, 1.54) is 12.1 Å². The number of halogens is 1. The molecule has 0 unspecified atom stereocenters. The number of benzene rings is 2. The quantitative estimate of drug-likeness (QED) is 0.907. The molecule has 1 amide bonds. The Kier molecular flexibility index (Phi) is 3.96. The number of primary amides is 1. The number of hydrogen-bond donors (Lipinski definition) is 2. The Morgan fingerprint density at radius 3 is 2.35 bits per heavy atom. The van der Waals surface area contributed by atoms with Gasteiger partial charge in [-0.25, -0.2) is 8.42 Å². The Labute approximate surface area is 121 Å². The number of nitrogens with two attached hydrogens (primary N) is 1. The van der Waals surface area contributed by atoms with Crippen molar-refractivity contribution in [1.82, 2.24) is 0 Å². The van der Waals surface area contributed by atoms with Crippen LogP contribution in [-0.2, 0) is 10.0 Å². The highest BCUT2D eigenvalue weighted by molar-refractivity contribution is 7.92. The summed E-state index contributed by atoms with van der Waals surface area (Å²) in [6, 6.07) is 12.2. The first kappa shape index (κ1) is 14.4. The zero-order chi connectivity index (χ0) is 14.8. The summed E-state index contributed by atoms with van der Waals surface area (Å²) < 4.78 is 26.8. The number of rotatable bonds is 4. The fraction of sp³-hybridized carbons (Fsp3) is 0. The van der Waals surface area contributed by atoms with Crippen molar-refractivity contribution in [3.05, 3.63) is 59.1 Å². The molecule has 5 nitrogen and oxygen atoms in total. The van der Waals surface area contributed by atoms with E-state index >= 15 is 0 Å². The van der Waals surface area contributed by atoms with E-state index in [0.717, 1.165) is 6.07 Å². The van der Waals surface area contributed by atoms with Crippen molar-refractivity contribution in [3.63, 3.8) is 0 Å². The van der Waals surface area contributed by atoms with Crippen LogP contribution in [0.15, 0.2) is 53.4 Å². The summed E-state index contributed by atoms with van der Waals surface area (Å²) in [4.78, 5) is 11.1. The summed E-state index contributed by atoms with van der Waals surface area (Å²) in [6.07, 6.45) is 0. The molecule has 0 fully saturated rings. The van der Waals surface area contributed by atoms with E-state index in [9.17, 15) is 13.2 Å². The number of sulfonamides is 1. The van der Waals surface area contributed by atoms with Crippen molar-refractivity contribution in [2.45, 2.75) is 4.90 Å². The first-order valence-electron chi connectivity index (χ1n) is 5.57. The molecule has 2 aromatic rings. The minimum atomic E-state index is -3.80. The van der Waals surface area contributed by atoms with Crippen LogP contribution in [0.3, 0.4) is 0 Å². The maximum atomic E-state index is 12.2. The lowest BCUT2D eigenvalue weighted by Gasteiger charge is -2.09. The first-order chi connectivity index (χ1) is 9.40. The van der Waals surface area contributed by atoms with E-state index in [0.29, 0.717) is 5.69 Å². The van der Waals surface area contributed by atoms with E-state index in [2.05, 4.69) is 4.72 Å². The van der Waals surface area contributed by atoms with E-state index < -0.39 is 15.9 Å². The number of carbonyl (C=O) groups excluding carboxylic acids is 1. The van der Waals surface area contributed by atoms with Crippen LogP contribution in [0.25, 0.3) is 0 Å². The smallest absolute Gasteiger partial charge is 0.261 e. The normalized spacial score (nSPS) is 11.1. The third-order valence-corrected chi connectivity index (χ3v) is 4.25. The van der Waals surface area contributed by atoms with Crippen LogP contribution in [0.1, 0.15) is 10.4 Å². The fourth-order valence-electron chi connectivity index (χ4n) is 1.58. The zero-order valence-corrected chi connectivity index (χ0v) is 11.8. The van der Waals surface area contributed by atoms with Gasteiger partial charge in [0.1, 0.15) is 0 Å². The molecule has 2 rings (SSSR count). The fourth-order valence-corrected chi connectivity index (χ4v) is 2.88. The van der Waals surface area contributed by atoms with Gasteiger partial charge in [-0.05, 0) is 30.3 Å². The summed E-state index contributed by atoms with van der Waals surface area (Å²) in [5.74, 6) is -0.785. The minimum Gasteiger partial charge on any atom is -0.366 e. The Morgan fingerprint density at radius 2 is 1.75 bits per heavy atom. The van der Waals surface area contributed by atoms with Crippen molar-refractivity contribution in [3.8, 4) is 0 Å². The molecule has 0 aliphatic heterocycles. The molecule has 2 aromatic carbocycles. The monoisotopic (exact) mass is 310 g/mol. The molecular formula is C13H11ClN2O3S. The molecule has 0 aromatic heterocycles. The van der Waals surface area contributed by atoms with Crippen molar-refractivity contribution >= 4 is 33.2 Å². The zero-order valence-electron chi connectivity index (χ0n) is 10.2. The Balaban J connectivity index is 2.40. The van der Waals surface area contributed by atoms with Gasteiger partial charge in [0, 0.05) is 5.69 Å². The SMILES string of the molecule is NC(=O)c1cc(S(=O)(=O)Nc2ccccc2)ccc1Cl. The second-order valence-electron chi connectivity index (χ2n) is 3.98. The van der Waals surface area contributed by atoms with Gasteiger partial charge in [0.05, 0.1) is 15.5 Å². The van der Waals surface area contributed by atoms with Crippen LogP contribution in [-0.4, -0.2) is 14.3 Å². The standard InChI is InChI=1S/C13H11ClN2O3S/c14-12-7-6-10(8-11(12)13(15)17)20(18,19)16-9-4-2-1-3-5-9/h1-8,16H,(H2,15,17). The number of nitrogens with one attached hydrogen (secondary N) is 1. The molecule has 0 bridgehead atoms. The van der Waals surface area contributed by atoms with Crippen molar-refractivity contribution < 1.29 is 13.2 Å². The van der Waals surface area contributed by atoms with E-state index in [-0.39, 0.29) is 15.5 Å². The average Bonchev–Trinajstić information content (AvgIpc) is 2.39. The van der Waals surface area contributed by atoms with Crippen LogP contribution < -0.4 is 10.5 Å². The molecule has 0 saturated heterocycles. The summed E-state index contributed by atoms with van der Waals surface area (Å²) in [5.41, 5.74) is 5.52. The topological polar surface area (TPSA) is 89.3 Å². The predicted molar refractivity (Wildman–Crippen MR) is 77.2 cm³/mol. The number of carbonyl (C=O) groups is 1. The van der Waals surface area contributed by atoms with E-state index in [4.69, 9.17) is 17.3 Å². The third kappa shape index (κ3) is 3.09. The van der Waals surface area contributed by atoms with Crippen molar-refractivity contribution in [1.29, 1.82) is 0 Å². The molecule has 0 radical (unpaired) electrons. The molecule has 20 heavy (non-hydrogen) atoms. The van der Waals surface area contributed by atoms with Crippen LogP contribution in [0.2, 0.25) is 5.02 Å². The molecule has 0 aliphatic rings. The van der Waals surface area contributed by atoms with Crippen LogP contribution in [0.4, 0.5) is 5.69 Å². The van der Waals surface area contributed by atoms with E-state index in [1.54, 1.807) is 30.3 Å². The molecule has 0 atom stereocenters. The van der Waals surface area contributed by atoms with E-state index in [1.807, 2.05) is 0 Å². The molecule has 0 spiro atoms. The number of amides is 1. The maximum Gasteiger partial charge on any atom is 0.261 e. The van der Waals surface area contributed by atoms with Crippen LogP contribution >= 0.6 is 11.6 Å². The average molecular weight is 311 g/mol. The molecule has 0 aliphatic carbocycles. The van der Waals surface area contributed by atoms with Gasteiger partial charge < -0.3 is 5.73 Å². The van der Waals surface area contributed by atoms with Gasteiger partial charge in [-0.15, -0.1) is 0 Å². The van der Waals surface area contributed by atoms with Crippen molar-refractivity contribution in [2.75, 3.05) is 4.72 Å². The lowest BCUT2D eigenvalue weighted by molar-refractivity contribution is 0.1000. The number of anilines is 1. The lowest BCUT2D eigenvalue weighted by Crippen LogP contribution is -2.16. The highest BCUT2D eigenvalue weighted by Gasteiger charge is 2.17. The highest BCUT2D eigenvalue weighted by Crippen LogP contribution is 2.22. The molecule has 0 saturated carbocycles. The predicted octanol–water partition coefficient (Wildman–Crippen LogP) is 2.24. The summed E-state index contributed by atoms with van der Waals surface area (Å²) >= 11 is 5.79. The summed E-state index contributed by atoms with van der Waals surface area (Å²) in [7, 11) is -3.80. The second-order valence-corrected chi connectivity index (χ2v) is 6.07. The Hall–Kier alpha value is -2.05. The van der Waals surface area contributed by atoms with Gasteiger partial charge in [0.15, 0.2) is 0 Å². The lowest BCUT2D eigenvalue weighted by atomic mass is 10.2. The van der Waals surface area contributed by atoms with Crippen molar-refractivity contribution in [2.24, 2.45) is 5.73 Å². The molecule has 7 heteroatoms. The van der Waals surface area contributed by atoms with Crippen LogP contribution in [0.5, 0.6) is 0 Å².